The molecule has 3 aromatic rings. The van der Waals surface area contributed by atoms with E-state index in [9.17, 15) is 18.0 Å². The summed E-state index contributed by atoms with van der Waals surface area (Å²) >= 11 is 3.38. The first-order chi connectivity index (χ1) is 18.5. The number of hydrogen-bond donors (Lipinski definition) is 1. The Morgan fingerprint density at radius 2 is 1.62 bits per heavy atom. The fourth-order valence-corrected chi connectivity index (χ4v) is 5.48. The predicted octanol–water partition coefficient (Wildman–Crippen LogP) is 5.08. The van der Waals surface area contributed by atoms with Gasteiger partial charge in [0, 0.05) is 23.5 Å². The highest BCUT2D eigenvalue weighted by molar-refractivity contribution is 9.10. The van der Waals surface area contributed by atoms with E-state index in [2.05, 4.69) is 21.2 Å². The molecule has 7 nitrogen and oxygen atoms in total. The maximum atomic E-state index is 14.1. The lowest BCUT2D eigenvalue weighted by Gasteiger charge is -2.34. The van der Waals surface area contributed by atoms with Crippen LogP contribution in [0.2, 0.25) is 0 Å². The standard InChI is InChI=1S/C30H36BrN3O4S/c1-5-23(3)32-30(36)28(18-24-12-7-6-8-13-24)33(20-25-14-9-11-22(2)17-25)29(35)21-34(39(4,37)38)27-16-10-15-26(31)19-27/h6-17,19,23,28H,5,18,20-21H2,1-4H3,(H,32,36)/t23-,28+/m1/s1. The number of halogens is 1. The Hall–Kier alpha value is -3.17. The van der Waals surface area contributed by atoms with E-state index in [1.54, 1.807) is 24.3 Å². The number of amides is 2. The number of rotatable bonds is 12. The lowest BCUT2D eigenvalue weighted by molar-refractivity contribution is -0.140. The second-order valence-electron chi connectivity index (χ2n) is 9.78. The van der Waals surface area contributed by atoms with E-state index in [1.165, 1.54) is 4.90 Å². The van der Waals surface area contributed by atoms with Crippen molar-refractivity contribution in [1.82, 2.24) is 10.2 Å². The smallest absolute Gasteiger partial charge is 0.244 e. The van der Waals surface area contributed by atoms with Gasteiger partial charge >= 0.3 is 0 Å². The van der Waals surface area contributed by atoms with Crippen LogP contribution in [0.3, 0.4) is 0 Å². The van der Waals surface area contributed by atoms with Gasteiger partial charge in [-0.2, -0.15) is 0 Å². The molecule has 9 heteroatoms. The van der Waals surface area contributed by atoms with Crippen LogP contribution in [-0.4, -0.2) is 50.0 Å². The van der Waals surface area contributed by atoms with Crippen molar-refractivity contribution in [2.75, 3.05) is 17.1 Å². The van der Waals surface area contributed by atoms with Gasteiger partial charge in [0.05, 0.1) is 11.9 Å². The van der Waals surface area contributed by atoms with Crippen molar-refractivity contribution in [3.63, 3.8) is 0 Å². The van der Waals surface area contributed by atoms with E-state index in [4.69, 9.17) is 0 Å². The van der Waals surface area contributed by atoms with Crippen LogP contribution < -0.4 is 9.62 Å². The minimum atomic E-state index is -3.81. The molecule has 0 unspecified atom stereocenters. The summed E-state index contributed by atoms with van der Waals surface area (Å²) in [5, 5.41) is 3.03. The molecule has 3 aromatic carbocycles. The van der Waals surface area contributed by atoms with Crippen molar-refractivity contribution in [1.29, 1.82) is 0 Å². The fraction of sp³-hybridized carbons (Fsp3) is 0.333. The molecular weight excluding hydrogens is 578 g/mol. The highest BCUT2D eigenvalue weighted by Gasteiger charge is 2.33. The maximum absolute atomic E-state index is 14.1. The lowest BCUT2D eigenvalue weighted by Crippen LogP contribution is -2.54. The third kappa shape index (κ3) is 8.93. The molecule has 3 rings (SSSR count). The van der Waals surface area contributed by atoms with E-state index < -0.39 is 28.5 Å². The van der Waals surface area contributed by atoms with Gasteiger partial charge in [-0.3, -0.25) is 13.9 Å². The molecule has 0 aliphatic rings. The van der Waals surface area contributed by atoms with Gasteiger partial charge in [-0.1, -0.05) is 89.1 Å². The summed E-state index contributed by atoms with van der Waals surface area (Å²) in [4.78, 5) is 29.3. The van der Waals surface area contributed by atoms with Crippen LogP contribution in [0.25, 0.3) is 0 Å². The van der Waals surface area contributed by atoms with Gasteiger partial charge < -0.3 is 10.2 Å². The molecule has 0 aromatic heterocycles. The fourth-order valence-electron chi connectivity index (χ4n) is 4.25. The highest BCUT2D eigenvalue weighted by Crippen LogP contribution is 2.23. The van der Waals surface area contributed by atoms with Gasteiger partial charge in [-0.05, 0) is 49.6 Å². The molecular formula is C30H36BrN3O4S. The van der Waals surface area contributed by atoms with Crippen molar-refractivity contribution in [2.24, 2.45) is 0 Å². The minimum Gasteiger partial charge on any atom is -0.352 e. The molecule has 2 amide bonds. The van der Waals surface area contributed by atoms with Crippen molar-refractivity contribution < 1.29 is 18.0 Å². The molecule has 0 spiro atoms. The van der Waals surface area contributed by atoms with E-state index in [0.29, 0.717) is 10.2 Å². The lowest BCUT2D eigenvalue weighted by atomic mass is 10.0. The number of nitrogens with one attached hydrogen (secondary N) is 1. The van der Waals surface area contributed by atoms with Gasteiger partial charge in [0.15, 0.2) is 0 Å². The summed E-state index contributed by atoms with van der Waals surface area (Å²) in [5.41, 5.74) is 3.14. The Kier molecular flexibility index (Phi) is 10.7. The van der Waals surface area contributed by atoms with Crippen molar-refractivity contribution >= 4 is 43.5 Å². The van der Waals surface area contributed by atoms with Crippen molar-refractivity contribution in [3.8, 4) is 0 Å². The van der Waals surface area contributed by atoms with Gasteiger partial charge in [0.2, 0.25) is 21.8 Å². The molecule has 0 saturated carbocycles. The number of aryl methyl sites for hydroxylation is 1. The average Bonchev–Trinajstić information content (AvgIpc) is 2.89. The Balaban J connectivity index is 2.06. The zero-order valence-electron chi connectivity index (χ0n) is 22.8. The first-order valence-electron chi connectivity index (χ1n) is 12.9. The monoisotopic (exact) mass is 613 g/mol. The number of anilines is 1. The van der Waals surface area contributed by atoms with E-state index in [-0.39, 0.29) is 24.9 Å². The summed E-state index contributed by atoms with van der Waals surface area (Å²) in [5.74, 6) is -0.746. The second-order valence-corrected chi connectivity index (χ2v) is 12.6. The largest absolute Gasteiger partial charge is 0.352 e. The van der Waals surface area contributed by atoms with Crippen LogP contribution in [0.5, 0.6) is 0 Å². The quantitative estimate of drug-likeness (QED) is 0.309. The molecule has 2 atom stereocenters. The third-order valence-electron chi connectivity index (χ3n) is 6.48. The summed E-state index contributed by atoms with van der Waals surface area (Å²) in [6.45, 7) is 5.58. The normalized spacial score (nSPS) is 12.8. The van der Waals surface area contributed by atoms with Gasteiger partial charge in [-0.15, -0.1) is 0 Å². The Morgan fingerprint density at radius 1 is 0.949 bits per heavy atom. The van der Waals surface area contributed by atoms with E-state index in [0.717, 1.165) is 33.7 Å². The number of carbonyl (C=O) groups excluding carboxylic acids is 2. The third-order valence-corrected chi connectivity index (χ3v) is 8.12. The number of sulfonamides is 1. The molecule has 0 aliphatic heterocycles. The van der Waals surface area contributed by atoms with Crippen LogP contribution in [0.1, 0.15) is 37.0 Å². The topological polar surface area (TPSA) is 86.8 Å². The molecule has 0 heterocycles. The van der Waals surface area contributed by atoms with Crippen LogP contribution in [0, 0.1) is 6.92 Å². The SMILES string of the molecule is CC[C@@H](C)NC(=O)[C@H](Cc1ccccc1)N(Cc1cccc(C)c1)C(=O)CN(c1cccc(Br)c1)S(C)(=O)=O. The van der Waals surface area contributed by atoms with Gasteiger partial charge in [0.25, 0.3) is 0 Å². The molecule has 0 radical (unpaired) electrons. The zero-order chi connectivity index (χ0) is 28.6. The molecule has 39 heavy (non-hydrogen) atoms. The van der Waals surface area contributed by atoms with E-state index in [1.807, 2.05) is 75.4 Å². The van der Waals surface area contributed by atoms with Gasteiger partial charge in [0.1, 0.15) is 12.6 Å². The summed E-state index contributed by atoms with van der Waals surface area (Å²) in [7, 11) is -3.81. The summed E-state index contributed by atoms with van der Waals surface area (Å²) in [6, 6.07) is 23.1. The highest BCUT2D eigenvalue weighted by atomic mass is 79.9. The Morgan fingerprint density at radius 3 is 2.23 bits per heavy atom. The zero-order valence-corrected chi connectivity index (χ0v) is 25.2. The molecule has 0 fully saturated rings. The first-order valence-corrected chi connectivity index (χ1v) is 15.5. The second kappa shape index (κ2) is 13.8. The predicted molar refractivity (Wildman–Crippen MR) is 160 cm³/mol. The minimum absolute atomic E-state index is 0.0825. The van der Waals surface area contributed by atoms with Crippen molar-refractivity contribution in [2.45, 2.75) is 52.2 Å². The van der Waals surface area contributed by atoms with Crippen LogP contribution in [0.15, 0.2) is 83.3 Å². The number of carbonyl (C=O) groups is 2. The Labute approximate surface area is 240 Å². The molecule has 0 bridgehead atoms. The Bertz CT molecular complexity index is 1380. The number of nitrogens with zero attached hydrogens (tertiary/aromatic N) is 2. The molecule has 208 valence electrons. The van der Waals surface area contributed by atoms with Crippen LogP contribution in [-0.2, 0) is 32.6 Å². The molecule has 0 aliphatic carbocycles. The first kappa shape index (κ1) is 30.4. The maximum Gasteiger partial charge on any atom is 0.244 e. The molecule has 0 saturated heterocycles. The summed E-state index contributed by atoms with van der Waals surface area (Å²) in [6.07, 6.45) is 2.10. The van der Waals surface area contributed by atoms with Crippen molar-refractivity contribution in [3.05, 3.63) is 100 Å². The summed E-state index contributed by atoms with van der Waals surface area (Å²) < 4.78 is 27.5. The average molecular weight is 615 g/mol. The number of benzene rings is 3. The number of hydrogen-bond acceptors (Lipinski definition) is 4. The molecule has 1 N–H and O–H groups in total. The van der Waals surface area contributed by atoms with Gasteiger partial charge in [-0.25, -0.2) is 8.42 Å². The van der Waals surface area contributed by atoms with Crippen LogP contribution in [0.4, 0.5) is 5.69 Å². The van der Waals surface area contributed by atoms with Crippen LogP contribution >= 0.6 is 15.9 Å². The van der Waals surface area contributed by atoms with E-state index >= 15 is 0 Å².